The maximum absolute atomic E-state index is 13.9. The molecular formula is C22H25N2O+. The van der Waals surface area contributed by atoms with Crippen molar-refractivity contribution in [2.45, 2.75) is 49.6 Å². The van der Waals surface area contributed by atoms with Crippen LogP contribution in [0.2, 0.25) is 0 Å². The largest absolute Gasteiger partial charge is 0.340 e. The van der Waals surface area contributed by atoms with E-state index in [1.165, 1.54) is 36.8 Å². The smallest absolute Gasteiger partial charge is 0.244 e. The molecule has 3 heteroatoms. The molecule has 3 aliphatic rings. The van der Waals surface area contributed by atoms with Crippen LogP contribution in [0.4, 0.5) is 5.69 Å². The molecule has 2 aromatic rings. The van der Waals surface area contributed by atoms with Crippen molar-refractivity contribution in [2.24, 2.45) is 0 Å². The van der Waals surface area contributed by atoms with E-state index in [0.717, 1.165) is 18.7 Å². The van der Waals surface area contributed by atoms with Gasteiger partial charge in [-0.1, -0.05) is 48.5 Å². The monoisotopic (exact) mass is 333 g/mol. The Morgan fingerprint density at radius 1 is 0.920 bits per heavy atom. The van der Waals surface area contributed by atoms with Crippen molar-refractivity contribution in [3.8, 4) is 0 Å². The van der Waals surface area contributed by atoms with Crippen LogP contribution < -0.4 is 10.2 Å². The third-order valence-corrected chi connectivity index (χ3v) is 6.85. The summed E-state index contributed by atoms with van der Waals surface area (Å²) < 4.78 is 0. The number of para-hydroxylation sites is 1. The van der Waals surface area contributed by atoms with E-state index in [9.17, 15) is 4.79 Å². The average molecular weight is 333 g/mol. The summed E-state index contributed by atoms with van der Waals surface area (Å²) >= 11 is 0. The van der Waals surface area contributed by atoms with Crippen molar-refractivity contribution in [3.05, 3.63) is 65.7 Å². The fourth-order valence-electron chi connectivity index (χ4n) is 5.80. The first-order valence-corrected chi connectivity index (χ1v) is 9.57. The van der Waals surface area contributed by atoms with Gasteiger partial charge in [0.05, 0.1) is 13.1 Å². The Morgan fingerprint density at radius 2 is 1.64 bits per heavy atom. The van der Waals surface area contributed by atoms with Gasteiger partial charge in [0.15, 0.2) is 0 Å². The van der Waals surface area contributed by atoms with E-state index in [4.69, 9.17) is 0 Å². The molecule has 0 aromatic heterocycles. The zero-order chi connectivity index (χ0) is 16.9. The van der Waals surface area contributed by atoms with Crippen LogP contribution in [0.3, 0.4) is 0 Å². The van der Waals surface area contributed by atoms with E-state index in [1.807, 2.05) is 6.07 Å². The highest BCUT2D eigenvalue weighted by Gasteiger charge is 2.68. The molecule has 2 aromatic carbocycles. The van der Waals surface area contributed by atoms with Crippen LogP contribution in [-0.4, -0.2) is 18.0 Å². The number of nitrogens with zero attached hydrogens (tertiary/aromatic N) is 1. The van der Waals surface area contributed by atoms with Gasteiger partial charge >= 0.3 is 0 Å². The lowest BCUT2D eigenvalue weighted by Crippen LogP contribution is -2.96. The summed E-state index contributed by atoms with van der Waals surface area (Å²) in [7, 11) is 0. The van der Waals surface area contributed by atoms with Gasteiger partial charge in [0.25, 0.3) is 0 Å². The quantitative estimate of drug-likeness (QED) is 0.901. The normalized spacial score (nSPS) is 26.7. The Labute approximate surface area is 149 Å². The third kappa shape index (κ3) is 1.93. The predicted octanol–water partition coefficient (Wildman–Crippen LogP) is 2.75. The summed E-state index contributed by atoms with van der Waals surface area (Å²) in [5.74, 6) is 0.341. The number of amides is 1. The topological polar surface area (TPSA) is 36.9 Å². The number of anilines is 1. The van der Waals surface area contributed by atoms with Crippen molar-refractivity contribution in [1.29, 1.82) is 0 Å². The molecule has 0 radical (unpaired) electrons. The lowest BCUT2D eigenvalue weighted by Gasteiger charge is -2.36. The third-order valence-electron chi connectivity index (χ3n) is 6.85. The number of carbonyl (C=O) groups excluding carboxylic acids is 1. The van der Waals surface area contributed by atoms with Crippen LogP contribution in [0, 0.1) is 0 Å². The summed E-state index contributed by atoms with van der Waals surface area (Å²) in [6.45, 7) is 1.74. The molecule has 2 heterocycles. The summed E-state index contributed by atoms with van der Waals surface area (Å²) in [6.07, 6.45) is 5.84. The molecular weight excluding hydrogens is 308 g/mol. The van der Waals surface area contributed by atoms with Crippen molar-refractivity contribution in [1.82, 2.24) is 0 Å². The number of carbonyl (C=O) groups is 1. The van der Waals surface area contributed by atoms with Gasteiger partial charge in [-0.25, -0.2) is 0 Å². The molecule has 1 atom stereocenters. The van der Waals surface area contributed by atoms with Gasteiger partial charge in [-0.3, -0.25) is 4.79 Å². The lowest BCUT2D eigenvalue weighted by atomic mass is 9.65. The zero-order valence-corrected chi connectivity index (χ0v) is 14.6. The first-order valence-electron chi connectivity index (χ1n) is 9.57. The molecule has 2 N–H and O–H groups in total. The van der Waals surface area contributed by atoms with E-state index in [1.54, 1.807) is 0 Å². The minimum absolute atomic E-state index is 0.0889. The first-order chi connectivity index (χ1) is 12.3. The average Bonchev–Trinajstić information content (AvgIpc) is 3.34. The SMILES string of the molecule is O=C1N(Cc2ccccc2)c2ccccc2C12CC[NH2+]C21CCCC1. The summed E-state index contributed by atoms with van der Waals surface area (Å²) in [4.78, 5) is 15.9. The Morgan fingerprint density at radius 3 is 2.44 bits per heavy atom. The van der Waals surface area contributed by atoms with Crippen molar-refractivity contribution >= 4 is 11.6 Å². The molecule has 3 nitrogen and oxygen atoms in total. The number of nitrogens with two attached hydrogens (primary N) is 1. The fraction of sp³-hybridized carbons (Fsp3) is 0.409. The van der Waals surface area contributed by atoms with Crippen molar-refractivity contribution < 1.29 is 10.1 Å². The second-order valence-corrected chi connectivity index (χ2v) is 7.91. The highest BCUT2D eigenvalue weighted by molar-refractivity contribution is 6.09. The molecule has 1 unspecified atom stereocenters. The van der Waals surface area contributed by atoms with Crippen LogP contribution in [-0.2, 0) is 16.8 Å². The minimum atomic E-state index is -0.311. The van der Waals surface area contributed by atoms with E-state index >= 15 is 0 Å². The van der Waals surface area contributed by atoms with Gasteiger partial charge in [-0.15, -0.1) is 0 Å². The standard InChI is InChI=1S/C22H24N2O/c25-20-22(14-15-23-21(22)12-6-7-13-21)18-10-4-5-11-19(18)24(20)16-17-8-2-1-3-9-17/h1-5,8-11,23H,6-7,12-16H2/p+1. The van der Waals surface area contributed by atoms with Gasteiger partial charge in [-0.2, -0.15) is 0 Å². The molecule has 2 aliphatic heterocycles. The van der Waals surface area contributed by atoms with Gasteiger partial charge in [0, 0.05) is 24.9 Å². The minimum Gasteiger partial charge on any atom is -0.340 e. The maximum atomic E-state index is 13.9. The summed E-state index contributed by atoms with van der Waals surface area (Å²) in [6, 6.07) is 18.9. The van der Waals surface area contributed by atoms with Gasteiger partial charge in [0.2, 0.25) is 5.91 Å². The fourth-order valence-corrected chi connectivity index (χ4v) is 5.80. The van der Waals surface area contributed by atoms with Crippen LogP contribution in [0.15, 0.2) is 54.6 Å². The van der Waals surface area contributed by atoms with E-state index in [0.29, 0.717) is 12.5 Å². The van der Waals surface area contributed by atoms with Crippen LogP contribution >= 0.6 is 0 Å². The predicted molar refractivity (Wildman–Crippen MR) is 98.4 cm³/mol. The summed E-state index contributed by atoms with van der Waals surface area (Å²) in [5, 5.41) is 2.50. The molecule has 2 spiro atoms. The highest BCUT2D eigenvalue weighted by Crippen LogP contribution is 2.55. The van der Waals surface area contributed by atoms with Gasteiger partial charge in [-0.05, 0) is 30.0 Å². The van der Waals surface area contributed by atoms with Crippen molar-refractivity contribution in [3.63, 3.8) is 0 Å². The number of hydrogen-bond donors (Lipinski definition) is 1. The molecule has 1 aliphatic carbocycles. The molecule has 1 saturated heterocycles. The van der Waals surface area contributed by atoms with Crippen LogP contribution in [0.1, 0.15) is 43.2 Å². The molecule has 2 fully saturated rings. The number of fused-ring (bicyclic) bond motifs is 3. The van der Waals surface area contributed by atoms with E-state index in [-0.39, 0.29) is 11.0 Å². The van der Waals surface area contributed by atoms with Gasteiger partial charge < -0.3 is 10.2 Å². The second-order valence-electron chi connectivity index (χ2n) is 7.91. The van der Waals surface area contributed by atoms with E-state index in [2.05, 4.69) is 58.7 Å². The van der Waals surface area contributed by atoms with Crippen molar-refractivity contribution in [2.75, 3.05) is 11.4 Å². The maximum Gasteiger partial charge on any atom is 0.244 e. The Kier molecular flexibility index (Phi) is 3.29. The Bertz CT molecular complexity index is 804. The molecule has 25 heavy (non-hydrogen) atoms. The van der Waals surface area contributed by atoms with Crippen LogP contribution in [0.5, 0.6) is 0 Å². The molecule has 0 bridgehead atoms. The molecule has 1 amide bonds. The zero-order valence-electron chi connectivity index (χ0n) is 14.6. The van der Waals surface area contributed by atoms with Gasteiger partial charge in [0.1, 0.15) is 11.0 Å². The Hall–Kier alpha value is -2.13. The first kappa shape index (κ1) is 15.2. The van der Waals surface area contributed by atoms with E-state index < -0.39 is 0 Å². The number of hydrogen-bond acceptors (Lipinski definition) is 1. The van der Waals surface area contributed by atoms with Crippen LogP contribution in [0.25, 0.3) is 0 Å². The number of rotatable bonds is 2. The molecule has 5 rings (SSSR count). The lowest BCUT2D eigenvalue weighted by molar-refractivity contribution is -0.710. The number of quaternary nitrogens is 1. The molecule has 128 valence electrons. The second kappa shape index (κ2) is 5.43. The highest BCUT2D eigenvalue weighted by atomic mass is 16.2. The number of benzene rings is 2. The summed E-state index contributed by atoms with van der Waals surface area (Å²) in [5.41, 5.74) is 3.40. The molecule has 1 saturated carbocycles. The Balaban J connectivity index is 1.64.